The van der Waals surface area contributed by atoms with Gasteiger partial charge in [0.15, 0.2) is 5.65 Å². The predicted octanol–water partition coefficient (Wildman–Crippen LogP) is 1.76. The molecule has 1 aliphatic heterocycles. The standard InChI is InChI=1S/C13H19N5O.C2H6/c1-8-11-12(15-9(2)16-13(11)19)18(17-8)7-10-3-5-14-6-4-10;1-2/h10,14H,3-7H2,1-2H3,(H,15,16,19);1-2H3. The number of piperidine rings is 1. The average molecular weight is 291 g/mol. The third-order valence-electron chi connectivity index (χ3n) is 3.79. The fraction of sp³-hybridized carbons (Fsp3) is 0.667. The molecule has 2 N–H and O–H groups in total. The van der Waals surface area contributed by atoms with E-state index in [2.05, 4.69) is 20.4 Å². The molecule has 1 aliphatic rings. The van der Waals surface area contributed by atoms with Gasteiger partial charge in [-0.2, -0.15) is 5.10 Å². The summed E-state index contributed by atoms with van der Waals surface area (Å²) < 4.78 is 1.91. The Hall–Kier alpha value is -1.69. The van der Waals surface area contributed by atoms with E-state index in [0.29, 0.717) is 17.1 Å². The van der Waals surface area contributed by atoms with E-state index in [1.807, 2.05) is 25.5 Å². The fourth-order valence-corrected chi connectivity index (χ4v) is 2.80. The summed E-state index contributed by atoms with van der Waals surface area (Å²) in [5.41, 5.74) is 1.39. The summed E-state index contributed by atoms with van der Waals surface area (Å²) in [4.78, 5) is 19.2. The van der Waals surface area contributed by atoms with Crippen molar-refractivity contribution in [1.29, 1.82) is 0 Å². The van der Waals surface area contributed by atoms with Gasteiger partial charge in [0.05, 0.1) is 5.69 Å². The van der Waals surface area contributed by atoms with Crippen LogP contribution in [0, 0.1) is 19.8 Å². The third-order valence-corrected chi connectivity index (χ3v) is 3.79. The summed E-state index contributed by atoms with van der Waals surface area (Å²) in [6.45, 7) is 10.7. The molecule has 21 heavy (non-hydrogen) atoms. The van der Waals surface area contributed by atoms with Gasteiger partial charge >= 0.3 is 0 Å². The van der Waals surface area contributed by atoms with Crippen molar-refractivity contribution in [2.24, 2.45) is 5.92 Å². The highest BCUT2D eigenvalue weighted by Crippen LogP contribution is 2.18. The molecule has 6 nitrogen and oxygen atoms in total. The molecule has 0 radical (unpaired) electrons. The summed E-state index contributed by atoms with van der Waals surface area (Å²) >= 11 is 0. The number of hydrogen-bond donors (Lipinski definition) is 2. The SMILES string of the molecule is CC.Cc1nc2c(c(C)nn2CC2CCNCC2)c(=O)[nH]1. The molecule has 0 amide bonds. The largest absolute Gasteiger partial charge is 0.317 e. The van der Waals surface area contributed by atoms with Crippen molar-refractivity contribution in [1.82, 2.24) is 25.1 Å². The molecule has 116 valence electrons. The van der Waals surface area contributed by atoms with Crippen LogP contribution >= 0.6 is 0 Å². The Morgan fingerprint density at radius 2 is 1.90 bits per heavy atom. The zero-order valence-electron chi connectivity index (χ0n) is 13.4. The lowest BCUT2D eigenvalue weighted by atomic mass is 9.98. The van der Waals surface area contributed by atoms with Crippen LogP contribution in [0.1, 0.15) is 38.2 Å². The second-order valence-electron chi connectivity index (χ2n) is 5.31. The Balaban J connectivity index is 0.000000774. The van der Waals surface area contributed by atoms with Crippen molar-refractivity contribution in [3.8, 4) is 0 Å². The molecule has 2 aromatic rings. The van der Waals surface area contributed by atoms with Crippen molar-refractivity contribution in [2.45, 2.75) is 47.1 Å². The van der Waals surface area contributed by atoms with Gasteiger partial charge in [-0.25, -0.2) is 9.67 Å². The zero-order chi connectivity index (χ0) is 15.4. The van der Waals surface area contributed by atoms with Gasteiger partial charge in [-0.1, -0.05) is 13.8 Å². The second-order valence-corrected chi connectivity index (χ2v) is 5.31. The highest BCUT2D eigenvalue weighted by Gasteiger charge is 2.18. The van der Waals surface area contributed by atoms with Crippen LogP contribution in [0.2, 0.25) is 0 Å². The lowest BCUT2D eigenvalue weighted by Crippen LogP contribution is -2.30. The smallest absolute Gasteiger partial charge is 0.262 e. The van der Waals surface area contributed by atoms with E-state index in [1.165, 1.54) is 0 Å². The number of aromatic amines is 1. The Labute approximate surface area is 125 Å². The number of rotatable bonds is 2. The van der Waals surface area contributed by atoms with Crippen LogP contribution in [-0.4, -0.2) is 32.8 Å². The summed E-state index contributed by atoms with van der Waals surface area (Å²) in [5, 5.41) is 8.48. The van der Waals surface area contributed by atoms with Gasteiger partial charge in [0.25, 0.3) is 5.56 Å². The summed E-state index contributed by atoms with van der Waals surface area (Å²) in [6.07, 6.45) is 2.31. The number of nitrogens with one attached hydrogen (secondary N) is 2. The van der Waals surface area contributed by atoms with Crippen molar-refractivity contribution >= 4 is 11.0 Å². The van der Waals surface area contributed by atoms with Crippen molar-refractivity contribution in [2.75, 3.05) is 13.1 Å². The minimum atomic E-state index is -0.0865. The zero-order valence-corrected chi connectivity index (χ0v) is 13.4. The number of nitrogens with zero attached hydrogens (tertiary/aromatic N) is 3. The first-order valence-electron chi connectivity index (χ1n) is 7.80. The Morgan fingerprint density at radius 1 is 1.24 bits per heavy atom. The molecule has 1 fully saturated rings. The van der Waals surface area contributed by atoms with E-state index in [4.69, 9.17) is 0 Å². The van der Waals surface area contributed by atoms with Crippen LogP contribution in [0.5, 0.6) is 0 Å². The molecule has 0 bridgehead atoms. The molecule has 6 heteroatoms. The number of hydrogen-bond acceptors (Lipinski definition) is 4. The number of H-pyrrole nitrogens is 1. The van der Waals surface area contributed by atoms with Crippen molar-refractivity contribution in [3.63, 3.8) is 0 Å². The minimum absolute atomic E-state index is 0.0865. The average Bonchev–Trinajstić information content (AvgIpc) is 2.78. The van der Waals surface area contributed by atoms with E-state index < -0.39 is 0 Å². The molecule has 0 aliphatic carbocycles. The van der Waals surface area contributed by atoms with Crippen LogP contribution < -0.4 is 10.9 Å². The number of aromatic nitrogens is 4. The van der Waals surface area contributed by atoms with E-state index >= 15 is 0 Å². The maximum absolute atomic E-state index is 12.0. The van der Waals surface area contributed by atoms with Gasteiger partial charge in [-0.05, 0) is 45.7 Å². The highest BCUT2D eigenvalue weighted by atomic mass is 16.1. The van der Waals surface area contributed by atoms with Crippen molar-refractivity contribution in [3.05, 3.63) is 21.9 Å². The van der Waals surface area contributed by atoms with Gasteiger partial charge in [0.1, 0.15) is 11.2 Å². The monoisotopic (exact) mass is 291 g/mol. The lowest BCUT2D eigenvalue weighted by Gasteiger charge is -2.22. The summed E-state index contributed by atoms with van der Waals surface area (Å²) in [7, 11) is 0. The van der Waals surface area contributed by atoms with Gasteiger partial charge in [0.2, 0.25) is 0 Å². The number of aryl methyl sites for hydroxylation is 2. The van der Waals surface area contributed by atoms with E-state index in [9.17, 15) is 4.79 Å². The minimum Gasteiger partial charge on any atom is -0.317 e. The highest BCUT2D eigenvalue weighted by molar-refractivity contribution is 5.76. The molecule has 0 saturated carbocycles. The molecular formula is C15H25N5O. The topological polar surface area (TPSA) is 75.6 Å². The van der Waals surface area contributed by atoms with E-state index in [1.54, 1.807) is 6.92 Å². The predicted molar refractivity (Wildman–Crippen MR) is 84.6 cm³/mol. The molecular weight excluding hydrogens is 266 g/mol. The van der Waals surface area contributed by atoms with Crippen LogP contribution in [0.15, 0.2) is 4.79 Å². The summed E-state index contributed by atoms with van der Waals surface area (Å²) in [6, 6.07) is 0. The maximum atomic E-state index is 12.0. The third kappa shape index (κ3) is 3.32. The maximum Gasteiger partial charge on any atom is 0.262 e. The van der Waals surface area contributed by atoms with Gasteiger partial charge in [-0.3, -0.25) is 4.79 Å². The normalized spacial score (nSPS) is 15.8. The first-order valence-corrected chi connectivity index (χ1v) is 7.80. The van der Waals surface area contributed by atoms with Crippen LogP contribution in [0.25, 0.3) is 11.0 Å². The molecule has 1 saturated heterocycles. The van der Waals surface area contributed by atoms with Gasteiger partial charge in [0, 0.05) is 6.54 Å². The number of fused-ring (bicyclic) bond motifs is 1. The van der Waals surface area contributed by atoms with Crippen LogP contribution in [-0.2, 0) is 6.54 Å². The Kier molecular flexibility index (Phi) is 5.12. The quantitative estimate of drug-likeness (QED) is 0.884. The fourth-order valence-electron chi connectivity index (χ4n) is 2.80. The van der Waals surface area contributed by atoms with Crippen molar-refractivity contribution < 1.29 is 0 Å². The van der Waals surface area contributed by atoms with Crippen LogP contribution in [0.4, 0.5) is 0 Å². The van der Waals surface area contributed by atoms with Gasteiger partial charge < -0.3 is 10.3 Å². The van der Waals surface area contributed by atoms with Gasteiger partial charge in [-0.15, -0.1) is 0 Å². The van der Waals surface area contributed by atoms with E-state index in [-0.39, 0.29) is 5.56 Å². The first kappa shape index (κ1) is 15.7. The van der Waals surface area contributed by atoms with E-state index in [0.717, 1.165) is 43.8 Å². The molecule has 3 rings (SSSR count). The second kappa shape index (κ2) is 6.85. The molecule has 0 unspecified atom stereocenters. The molecule has 0 spiro atoms. The first-order chi connectivity index (χ1) is 10.1. The molecule has 3 heterocycles. The summed E-state index contributed by atoms with van der Waals surface area (Å²) in [5.74, 6) is 1.26. The van der Waals surface area contributed by atoms with Crippen LogP contribution in [0.3, 0.4) is 0 Å². The molecule has 2 aromatic heterocycles. The molecule has 0 atom stereocenters. The molecule has 0 aromatic carbocycles. The Morgan fingerprint density at radius 3 is 2.57 bits per heavy atom. The Bertz CT molecular complexity index is 652. The lowest BCUT2D eigenvalue weighted by molar-refractivity contribution is 0.324.